The lowest BCUT2D eigenvalue weighted by Crippen LogP contribution is -2.22. The van der Waals surface area contributed by atoms with Crippen molar-refractivity contribution in [2.24, 2.45) is 0 Å². The van der Waals surface area contributed by atoms with Crippen LogP contribution in [0.4, 0.5) is 14.5 Å². The molecule has 0 saturated heterocycles. The van der Waals surface area contributed by atoms with Gasteiger partial charge < -0.3 is 10.1 Å². The Bertz CT molecular complexity index is 915. The van der Waals surface area contributed by atoms with Gasteiger partial charge in [0.25, 0.3) is 5.91 Å². The average Bonchev–Trinajstić information content (AvgIpc) is 2.56. The third-order valence-electron chi connectivity index (χ3n) is 3.56. The van der Waals surface area contributed by atoms with E-state index in [0.29, 0.717) is 11.3 Å². The Balaban J connectivity index is 2.29. The minimum Gasteiger partial charge on any atom is -0.435 e. The monoisotopic (exact) mass is 384 g/mol. The van der Waals surface area contributed by atoms with Gasteiger partial charge in [-0.2, -0.15) is 8.78 Å². The van der Waals surface area contributed by atoms with Crippen molar-refractivity contribution in [3.63, 3.8) is 0 Å². The van der Waals surface area contributed by atoms with Crippen molar-refractivity contribution in [3.8, 4) is 5.75 Å². The minimum absolute atomic E-state index is 0.0261. The van der Waals surface area contributed by atoms with Crippen LogP contribution in [0.3, 0.4) is 0 Å². The Hall–Kier alpha value is -2.52. The number of benzene rings is 2. The van der Waals surface area contributed by atoms with Crippen LogP contribution in [0.1, 0.15) is 15.9 Å². The fourth-order valence-electron chi connectivity index (χ4n) is 2.12. The van der Waals surface area contributed by atoms with Gasteiger partial charge in [0.1, 0.15) is 5.75 Å². The van der Waals surface area contributed by atoms with E-state index in [1.807, 2.05) is 0 Å². The molecule has 2 aromatic rings. The average molecular weight is 384 g/mol. The second kappa shape index (κ2) is 7.79. The van der Waals surface area contributed by atoms with Gasteiger partial charge in [0, 0.05) is 25.3 Å². The molecule has 0 atom stereocenters. The Morgan fingerprint density at radius 3 is 2.46 bits per heavy atom. The Kier molecular flexibility index (Phi) is 5.94. The number of carbonyl (C=O) groups is 1. The number of rotatable bonds is 6. The highest BCUT2D eigenvalue weighted by Gasteiger charge is 2.19. The molecule has 0 aliphatic heterocycles. The van der Waals surface area contributed by atoms with Crippen molar-refractivity contribution in [1.82, 2.24) is 4.31 Å². The van der Waals surface area contributed by atoms with E-state index < -0.39 is 22.5 Å². The number of ether oxygens (including phenoxy) is 1. The van der Waals surface area contributed by atoms with Crippen molar-refractivity contribution in [1.29, 1.82) is 0 Å². The molecular formula is C17H18F2N2O4S. The molecule has 2 aromatic carbocycles. The molecule has 26 heavy (non-hydrogen) atoms. The lowest BCUT2D eigenvalue weighted by atomic mass is 10.1. The molecule has 0 saturated carbocycles. The number of alkyl halides is 2. The number of hydrogen-bond donors (Lipinski definition) is 1. The molecule has 0 radical (unpaired) electrons. The molecule has 0 aromatic heterocycles. The van der Waals surface area contributed by atoms with Crippen LogP contribution in [0.25, 0.3) is 0 Å². The summed E-state index contributed by atoms with van der Waals surface area (Å²) < 4.78 is 54.4. The van der Waals surface area contributed by atoms with E-state index in [9.17, 15) is 22.0 Å². The van der Waals surface area contributed by atoms with Crippen molar-refractivity contribution in [3.05, 3.63) is 53.6 Å². The van der Waals surface area contributed by atoms with Crippen molar-refractivity contribution in [2.45, 2.75) is 18.4 Å². The molecule has 0 bridgehead atoms. The van der Waals surface area contributed by atoms with Gasteiger partial charge in [0.15, 0.2) is 0 Å². The van der Waals surface area contributed by atoms with Crippen molar-refractivity contribution < 1.29 is 26.7 Å². The van der Waals surface area contributed by atoms with Gasteiger partial charge in [-0.25, -0.2) is 12.7 Å². The van der Waals surface area contributed by atoms with E-state index in [2.05, 4.69) is 10.1 Å². The number of amides is 1. The van der Waals surface area contributed by atoms with Gasteiger partial charge >= 0.3 is 6.61 Å². The summed E-state index contributed by atoms with van der Waals surface area (Å²) >= 11 is 0. The van der Waals surface area contributed by atoms with Gasteiger partial charge in [-0.15, -0.1) is 0 Å². The molecule has 0 fully saturated rings. The normalized spacial score (nSPS) is 11.7. The molecular weight excluding hydrogens is 366 g/mol. The number of anilines is 1. The van der Waals surface area contributed by atoms with Gasteiger partial charge in [-0.3, -0.25) is 4.79 Å². The van der Waals surface area contributed by atoms with E-state index >= 15 is 0 Å². The van der Waals surface area contributed by atoms with E-state index in [-0.39, 0.29) is 16.2 Å². The molecule has 140 valence electrons. The quantitative estimate of drug-likeness (QED) is 0.830. The third-order valence-corrected chi connectivity index (χ3v) is 5.37. The fraction of sp³-hybridized carbons (Fsp3) is 0.235. The number of carbonyl (C=O) groups excluding carboxylic acids is 1. The first kappa shape index (κ1) is 19.8. The van der Waals surface area contributed by atoms with E-state index in [1.165, 1.54) is 50.5 Å². The number of halogens is 2. The Morgan fingerprint density at radius 2 is 1.85 bits per heavy atom. The third kappa shape index (κ3) is 4.55. The summed E-state index contributed by atoms with van der Waals surface area (Å²) in [6.07, 6.45) is 0. The van der Waals surface area contributed by atoms with E-state index in [1.54, 1.807) is 13.0 Å². The molecule has 9 heteroatoms. The summed E-state index contributed by atoms with van der Waals surface area (Å²) in [7, 11) is -0.849. The first-order chi connectivity index (χ1) is 12.1. The summed E-state index contributed by atoms with van der Waals surface area (Å²) in [5.74, 6) is -0.722. The van der Waals surface area contributed by atoms with Crippen LogP contribution >= 0.6 is 0 Å². The van der Waals surface area contributed by atoms with Crippen LogP contribution < -0.4 is 10.1 Å². The van der Waals surface area contributed by atoms with Gasteiger partial charge in [0.05, 0.1) is 4.90 Å². The van der Waals surface area contributed by atoms with Crippen molar-refractivity contribution >= 4 is 21.6 Å². The maximum atomic E-state index is 12.4. The molecule has 1 amide bonds. The first-order valence-corrected chi connectivity index (χ1v) is 8.94. The van der Waals surface area contributed by atoms with Crippen LogP contribution in [0.2, 0.25) is 0 Å². The van der Waals surface area contributed by atoms with Gasteiger partial charge in [-0.1, -0.05) is 12.1 Å². The summed E-state index contributed by atoms with van der Waals surface area (Å²) in [6.45, 7) is -1.29. The zero-order valence-electron chi connectivity index (χ0n) is 14.4. The van der Waals surface area contributed by atoms with E-state index in [0.717, 1.165) is 4.31 Å². The molecule has 0 aliphatic carbocycles. The summed E-state index contributed by atoms with van der Waals surface area (Å²) in [6, 6.07) is 9.69. The van der Waals surface area contributed by atoms with Crippen LogP contribution in [0.5, 0.6) is 5.75 Å². The van der Waals surface area contributed by atoms with Crippen LogP contribution in [0, 0.1) is 6.92 Å². The fourth-order valence-corrected chi connectivity index (χ4v) is 3.04. The molecule has 0 spiro atoms. The maximum Gasteiger partial charge on any atom is 0.387 e. The molecule has 2 rings (SSSR count). The van der Waals surface area contributed by atoms with Crippen molar-refractivity contribution in [2.75, 3.05) is 19.4 Å². The number of aryl methyl sites for hydroxylation is 1. The number of hydrogen-bond acceptors (Lipinski definition) is 4. The number of sulfonamides is 1. The second-order valence-corrected chi connectivity index (χ2v) is 7.78. The summed E-state index contributed by atoms with van der Waals surface area (Å²) in [4.78, 5) is 12.4. The van der Waals surface area contributed by atoms with Gasteiger partial charge in [-0.05, 0) is 42.8 Å². The highest BCUT2D eigenvalue weighted by molar-refractivity contribution is 7.89. The maximum absolute atomic E-state index is 12.4. The zero-order valence-corrected chi connectivity index (χ0v) is 15.2. The Labute approximate surface area is 150 Å². The highest BCUT2D eigenvalue weighted by atomic mass is 32.2. The van der Waals surface area contributed by atoms with Crippen LogP contribution in [-0.4, -0.2) is 39.3 Å². The molecule has 0 heterocycles. The lowest BCUT2D eigenvalue weighted by Gasteiger charge is -2.14. The highest BCUT2D eigenvalue weighted by Crippen LogP contribution is 2.23. The first-order valence-electron chi connectivity index (χ1n) is 7.50. The number of nitrogens with zero attached hydrogens (tertiary/aromatic N) is 1. The van der Waals surface area contributed by atoms with Crippen LogP contribution in [-0.2, 0) is 10.0 Å². The SMILES string of the molecule is Cc1ccc(S(=O)(=O)N(C)C)cc1NC(=O)c1cccc(OC(F)F)c1. The summed E-state index contributed by atoms with van der Waals surface area (Å²) in [5.41, 5.74) is 1.05. The van der Waals surface area contributed by atoms with Gasteiger partial charge in [0.2, 0.25) is 10.0 Å². The number of nitrogens with one attached hydrogen (secondary N) is 1. The lowest BCUT2D eigenvalue weighted by molar-refractivity contribution is -0.0498. The molecule has 6 nitrogen and oxygen atoms in total. The largest absolute Gasteiger partial charge is 0.435 e. The standard InChI is InChI=1S/C17H18F2N2O4S/c1-11-7-8-14(26(23,24)21(2)3)10-15(11)20-16(22)12-5-4-6-13(9-12)25-17(18)19/h4-10,17H,1-3H3,(H,20,22). The molecule has 1 N–H and O–H groups in total. The minimum atomic E-state index is -3.66. The summed E-state index contributed by atoms with van der Waals surface area (Å²) in [5, 5.41) is 2.59. The topological polar surface area (TPSA) is 75.7 Å². The predicted octanol–water partition coefficient (Wildman–Crippen LogP) is 3.10. The zero-order chi connectivity index (χ0) is 19.5. The Morgan fingerprint density at radius 1 is 1.15 bits per heavy atom. The molecule has 0 aliphatic rings. The van der Waals surface area contributed by atoms with E-state index in [4.69, 9.17) is 0 Å². The second-order valence-electron chi connectivity index (χ2n) is 5.62. The molecule has 0 unspecified atom stereocenters. The predicted molar refractivity (Wildman–Crippen MR) is 93.1 cm³/mol. The van der Waals surface area contributed by atoms with Crippen LogP contribution in [0.15, 0.2) is 47.4 Å². The smallest absolute Gasteiger partial charge is 0.387 e.